The van der Waals surface area contributed by atoms with Crippen LogP contribution in [0.3, 0.4) is 0 Å². The molecule has 162 valence electrons. The molecule has 0 N–H and O–H groups in total. The number of nitrogens with zero attached hydrogens (tertiary/aromatic N) is 3. The minimum Gasteiger partial charge on any atom is -0.490 e. The van der Waals surface area contributed by atoms with E-state index in [-0.39, 0.29) is 11.8 Å². The van der Waals surface area contributed by atoms with Crippen molar-refractivity contribution in [3.8, 4) is 11.5 Å². The number of ether oxygens (including phenoxy) is 3. The van der Waals surface area contributed by atoms with Gasteiger partial charge in [-0.1, -0.05) is 6.07 Å². The van der Waals surface area contributed by atoms with Crippen LogP contribution in [0.15, 0.2) is 24.3 Å². The second kappa shape index (κ2) is 9.95. The summed E-state index contributed by atoms with van der Waals surface area (Å²) in [5.74, 6) is 1.60. The van der Waals surface area contributed by atoms with E-state index in [9.17, 15) is 9.59 Å². The third-order valence-electron chi connectivity index (χ3n) is 5.60. The summed E-state index contributed by atoms with van der Waals surface area (Å²) in [7, 11) is 0. The number of morpholine rings is 1. The monoisotopic (exact) mass is 415 g/mol. The molecule has 4 rings (SSSR count). The SMILES string of the molecule is O=C(C=Cc1ccc2c(c1)OCCCO2)N1CCN(CC(=O)N2CCOCC2)CC1. The molecule has 3 heterocycles. The maximum Gasteiger partial charge on any atom is 0.246 e. The molecule has 2 saturated heterocycles. The average Bonchev–Trinajstić information content (AvgIpc) is 3.03. The van der Waals surface area contributed by atoms with Crippen LogP contribution in [0.5, 0.6) is 11.5 Å². The molecule has 0 aliphatic carbocycles. The van der Waals surface area contributed by atoms with Crippen LogP contribution in [0.4, 0.5) is 0 Å². The first-order valence-corrected chi connectivity index (χ1v) is 10.6. The van der Waals surface area contributed by atoms with Crippen molar-refractivity contribution in [2.24, 2.45) is 0 Å². The highest BCUT2D eigenvalue weighted by Gasteiger charge is 2.24. The average molecular weight is 415 g/mol. The lowest BCUT2D eigenvalue weighted by molar-refractivity contribution is -0.137. The molecule has 0 saturated carbocycles. The van der Waals surface area contributed by atoms with E-state index in [1.807, 2.05) is 34.1 Å². The van der Waals surface area contributed by atoms with E-state index in [2.05, 4.69) is 4.90 Å². The lowest BCUT2D eigenvalue weighted by Gasteiger charge is -2.35. The van der Waals surface area contributed by atoms with E-state index in [0.717, 1.165) is 23.5 Å². The van der Waals surface area contributed by atoms with E-state index >= 15 is 0 Å². The largest absolute Gasteiger partial charge is 0.490 e. The van der Waals surface area contributed by atoms with Crippen molar-refractivity contribution in [3.05, 3.63) is 29.8 Å². The molecular weight excluding hydrogens is 386 g/mol. The number of fused-ring (bicyclic) bond motifs is 1. The maximum absolute atomic E-state index is 12.6. The maximum atomic E-state index is 12.6. The minimum absolute atomic E-state index is 0.0127. The van der Waals surface area contributed by atoms with E-state index in [0.29, 0.717) is 72.2 Å². The zero-order valence-electron chi connectivity index (χ0n) is 17.3. The predicted molar refractivity (Wildman–Crippen MR) is 112 cm³/mol. The van der Waals surface area contributed by atoms with Gasteiger partial charge in [0.25, 0.3) is 0 Å². The molecule has 0 aromatic heterocycles. The minimum atomic E-state index is -0.0127. The van der Waals surface area contributed by atoms with Gasteiger partial charge in [0.05, 0.1) is 33.0 Å². The Morgan fingerprint density at radius 3 is 2.37 bits per heavy atom. The summed E-state index contributed by atoms with van der Waals surface area (Å²) in [4.78, 5) is 30.8. The summed E-state index contributed by atoms with van der Waals surface area (Å²) in [6, 6.07) is 5.71. The van der Waals surface area contributed by atoms with Gasteiger partial charge in [0, 0.05) is 51.8 Å². The van der Waals surface area contributed by atoms with E-state index in [1.165, 1.54) is 0 Å². The normalized spacial score (nSPS) is 20.3. The standard InChI is InChI=1S/C22H29N3O5/c26-21(5-3-18-2-4-19-20(16-18)30-13-1-12-29-19)24-8-6-23(7-9-24)17-22(27)25-10-14-28-15-11-25/h2-5,16H,1,6-15,17H2. The van der Waals surface area contributed by atoms with Crippen molar-refractivity contribution in [2.45, 2.75) is 6.42 Å². The molecule has 0 spiro atoms. The highest BCUT2D eigenvalue weighted by molar-refractivity contribution is 5.92. The van der Waals surface area contributed by atoms with Gasteiger partial charge in [-0.15, -0.1) is 0 Å². The van der Waals surface area contributed by atoms with E-state index < -0.39 is 0 Å². The van der Waals surface area contributed by atoms with Crippen LogP contribution < -0.4 is 9.47 Å². The van der Waals surface area contributed by atoms with Gasteiger partial charge < -0.3 is 24.0 Å². The molecule has 2 amide bonds. The quantitative estimate of drug-likeness (QED) is 0.680. The first kappa shape index (κ1) is 20.7. The van der Waals surface area contributed by atoms with E-state index in [1.54, 1.807) is 6.08 Å². The molecule has 1 aromatic carbocycles. The number of carbonyl (C=O) groups is 2. The predicted octanol–water partition coefficient (Wildman–Crippen LogP) is 0.864. The summed E-state index contributed by atoms with van der Waals surface area (Å²) in [5.41, 5.74) is 0.905. The third kappa shape index (κ3) is 5.31. The molecule has 0 atom stereocenters. The zero-order chi connectivity index (χ0) is 20.8. The number of rotatable bonds is 4. The second-order valence-corrected chi connectivity index (χ2v) is 7.68. The first-order chi connectivity index (χ1) is 14.7. The van der Waals surface area contributed by atoms with Crippen molar-refractivity contribution >= 4 is 17.9 Å². The van der Waals surface area contributed by atoms with Crippen molar-refractivity contribution in [1.29, 1.82) is 0 Å². The molecule has 0 bridgehead atoms. The number of benzene rings is 1. The van der Waals surface area contributed by atoms with Gasteiger partial charge in [-0.3, -0.25) is 14.5 Å². The lowest BCUT2D eigenvalue weighted by atomic mass is 10.2. The fourth-order valence-corrected chi connectivity index (χ4v) is 3.79. The molecule has 3 aliphatic heterocycles. The fraction of sp³-hybridized carbons (Fsp3) is 0.545. The zero-order valence-corrected chi connectivity index (χ0v) is 17.3. The Morgan fingerprint density at radius 1 is 0.867 bits per heavy atom. The highest BCUT2D eigenvalue weighted by atomic mass is 16.5. The Kier molecular flexibility index (Phi) is 6.86. The van der Waals surface area contributed by atoms with Crippen molar-refractivity contribution in [3.63, 3.8) is 0 Å². The van der Waals surface area contributed by atoms with Crippen LogP contribution in [0, 0.1) is 0 Å². The number of hydrogen-bond donors (Lipinski definition) is 0. The number of hydrogen-bond acceptors (Lipinski definition) is 6. The topological polar surface area (TPSA) is 71.6 Å². The summed E-state index contributed by atoms with van der Waals surface area (Å²) in [5, 5.41) is 0. The Bertz CT molecular complexity index is 783. The molecule has 3 aliphatic rings. The van der Waals surface area contributed by atoms with E-state index in [4.69, 9.17) is 14.2 Å². The van der Waals surface area contributed by atoms with Gasteiger partial charge in [0.2, 0.25) is 11.8 Å². The van der Waals surface area contributed by atoms with Crippen molar-refractivity contribution in [2.75, 3.05) is 72.2 Å². The Balaban J connectivity index is 1.25. The van der Waals surface area contributed by atoms with Crippen LogP contribution in [-0.4, -0.2) is 98.8 Å². The number of amides is 2. The molecule has 8 heteroatoms. The molecule has 2 fully saturated rings. The molecule has 30 heavy (non-hydrogen) atoms. The Labute approximate surface area is 177 Å². The summed E-state index contributed by atoms with van der Waals surface area (Å²) in [6.45, 7) is 6.94. The van der Waals surface area contributed by atoms with Crippen LogP contribution in [0.1, 0.15) is 12.0 Å². The third-order valence-corrected chi connectivity index (χ3v) is 5.60. The van der Waals surface area contributed by atoms with Crippen molar-refractivity contribution in [1.82, 2.24) is 14.7 Å². The highest BCUT2D eigenvalue weighted by Crippen LogP contribution is 2.30. The first-order valence-electron chi connectivity index (χ1n) is 10.6. The van der Waals surface area contributed by atoms with Gasteiger partial charge in [-0.25, -0.2) is 0 Å². The number of carbonyl (C=O) groups excluding carboxylic acids is 2. The second-order valence-electron chi connectivity index (χ2n) is 7.68. The van der Waals surface area contributed by atoms with Gasteiger partial charge >= 0.3 is 0 Å². The molecule has 0 radical (unpaired) electrons. The summed E-state index contributed by atoms with van der Waals surface area (Å²) in [6.07, 6.45) is 4.28. The van der Waals surface area contributed by atoms with Gasteiger partial charge in [0.1, 0.15) is 0 Å². The van der Waals surface area contributed by atoms with Crippen LogP contribution in [-0.2, 0) is 14.3 Å². The van der Waals surface area contributed by atoms with Gasteiger partial charge in [-0.05, 0) is 23.8 Å². The smallest absolute Gasteiger partial charge is 0.246 e. The van der Waals surface area contributed by atoms with Crippen molar-refractivity contribution < 1.29 is 23.8 Å². The van der Waals surface area contributed by atoms with Crippen LogP contribution in [0.25, 0.3) is 6.08 Å². The van der Waals surface area contributed by atoms with Gasteiger partial charge in [0.15, 0.2) is 11.5 Å². The fourth-order valence-electron chi connectivity index (χ4n) is 3.79. The molecular formula is C22H29N3O5. The summed E-state index contributed by atoms with van der Waals surface area (Å²) >= 11 is 0. The molecule has 8 nitrogen and oxygen atoms in total. The summed E-state index contributed by atoms with van der Waals surface area (Å²) < 4.78 is 16.6. The van der Waals surface area contributed by atoms with Crippen LogP contribution in [0.2, 0.25) is 0 Å². The van der Waals surface area contributed by atoms with Crippen LogP contribution >= 0.6 is 0 Å². The number of piperazine rings is 1. The lowest BCUT2D eigenvalue weighted by Crippen LogP contribution is -2.52. The van der Waals surface area contributed by atoms with Gasteiger partial charge in [-0.2, -0.15) is 0 Å². The molecule has 1 aromatic rings. The Morgan fingerprint density at radius 2 is 1.60 bits per heavy atom. The molecule has 0 unspecified atom stereocenters. The Hall–Kier alpha value is -2.58.